The van der Waals surface area contributed by atoms with Crippen molar-refractivity contribution in [3.8, 4) is 0 Å². The summed E-state index contributed by atoms with van der Waals surface area (Å²) in [5.74, 6) is 1.33. The Labute approximate surface area is 98.9 Å². The van der Waals surface area contributed by atoms with Gasteiger partial charge in [-0.25, -0.2) is 0 Å². The van der Waals surface area contributed by atoms with Gasteiger partial charge in [-0.2, -0.15) is 0 Å². The molecule has 94 valence electrons. The molecule has 0 aromatic heterocycles. The molecule has 16 heavy (non-hydrogen) atoms. The summed E-state index contributed by atoms with van der Waals surface area (Å²) >= 11 is 0. The van der Waals surface area contributed by atoms with E-state index in [4.69, 9.17) is 9.47 Å². The zero-order valence-electron chi connectivity index (χ0n) is 10.6. The highest BCUT2D eigenvalue weighted by Crippen LogP contribution is 2.26. The third-order valence-electron chi connectivity index (χ3n) is 3.75. The molecular formula is C13H25NO2. The molecule has 2 heterocycles. The quantitative estimate of drug-likeness (QED) is 0.794. The van der Waals surface area contributed by atoms with Crippen molar-refractivity contribution in [2.24, 2.45) is 11.8 Å². The van der Waals surface area contributed by atoms with Crippen LogP contribution in [0, 0.1) is 11.8 Å². The van der Waals surface area contributed by atoms with Gasteiger partial charge in [0.25, 0.3) is 0 Å². The van der Waals surface area contributed by atoms with Gasteiger partial charge >= 0.3 is 0 Å². The summed E-state index contributed by atoms with van der Waals surface area (Å²) in [6.45, 7) is 8.38. The summed E-state index contributed by atoms with van der Waals surface area (Å²) in [7, 11) is 0. The first-order valence-corrected chi connectivity index (χ1v) is 6.70. The van der Waals surface area contributed by atoms with Crippen LogP contribution in [-0.2, 0) is 9.47 Å². The Balaban J connectivity index is 1.71. The van der Waals surface area contributed by atoms with Crippen LogP contribution in [0.4, 0.5) is 0 Å². The first-order valence-electron chi connectivity index (χ1n) is 6.70. The van der Waals surface area contributed by atoms with Gasteiger partial charge < -0.3 is 14.8 Å². The molecule has 2 aliphatic rings. The average Bonchev–Trinajstić information content (AvgIpc) is 2.76. The first kappa shape index (κ1) is 12.3. The summed E-state index contributed by atoms with van der Waals surface area (Å²) in [6.07, 6.45) is 4.13. The Morgan fingerprint density at radius 2 is 2.12 bits per heavy atom. The van der Waals surface area contributed by atoms with Crippen LogP contribution in [0.1, 0.15) is 33.1 Å². The lowest BCUT2D eigenvalue weighted by atomic mass is 9.92. The van der Waals surface area contributed by atoms with Crippen LogP contribution >= 0.6 is 0 Å². The molecule has 0 saturated carbocycles. The molecular weight excluding hydrogens is 202 g/mol. The van der Waals surface area contributed by atoms with Crippen molar-refractivity contribution in [1.82, 2.24) is 5.32 Å². The maximum atomic E-state index is 5.80. The maximum absolute atomic E-state index is 5.80. The topological polar surface area (TPSA) is 30.5 Å². The van der Waals surface area contributed by atoms with Crippen LogP contribution < -0.4 is 5.32 Å². The molecule has 0 amide bonds. The van der Waals surface area contributed by atoms with E-state index in [0.717, 1.165) is 26.4 Å². The minimum Gasteiger partial charge on any atom is -0.380 e. The first-order chi connectivity index (χ1) is 7.77. The summed E-state index contributed by atoms with van der Waals surface area (Å²) < 4.78 is 11.3. The lowest BCUT2D eigenvalue weighted by Gasteiger charge is -2.27. The lowest BCUT2D eigenvalue weighted by molar-refractivity contribution is 0.0460. The minimum atomic E-state index is 0.456. The van der Waals surface area contributed by atoms with E-state index in [1.54, 1.807) is 0 Å². The third-order valence-corrected chi connectivity index (χ3v) is 3.75. The van der Waals surface area contributed by atoms with Crippen molar-refractivity contribution in [2.45, 2.75) is 45.3 Å². The fourth-order valence-electron chi connectivity index (χ4n) is 2.83. The Morgan fingerprint density at radius 3 is 2.81 bits per heavy atom. The standard InChI is InChI=1S/C13H25NO2/c1-10(2)13-11(5-7-16-13)8-14-12-4-3-6-15-9-12/h10-14H,3-9H2,1-2H3. The summed E-state index contributed by atoms with van der Waals surface area (Å²) in [5.41, 5.74) is 0. The van der Waals surface area contributed by atoms with E-state index in [9.17, 15) is 0 Å². The van der Waals surface area contributed by atoms with E-state index in [2.05, 4.69) is 19.2 Å². The number of hydrogen-bond donors (Lipinski definition) is 1. The van der Waals surface area contributed by atoms with Gasteiger partial charge in [0.1, 0.15) is 0 Å². The summed E-state index contributed by atoms with van der Waals surface area (Å²) in [6, 6.07) is 0.571. The van der Waals surface area contributed by atoms with E-state index < -0.39 is 0 Å². The number of nitrogens with one attached hydrogen (secondary N) is 1. The molecule has 0 spiro atoms. The van der Waals surface area contributed by atoms with Crippen molar-refractivity contribution in [2.75, 3.05) is 26.4 Å². The van der Waals surface area contributed by atoms with Gasteiger partial charge in [0.15, 0.2) is 0 Å². The Hall–Kier alpha value is -0.120. The molecule has 3 heteroatoms. The van der Waals surface area contributed by atoms with E-state index in [1.807, 2.05) is 0 Å². The monoisotopic (exact) mass is 227 g/mol. The second-order valence-electron chi connectivity index (χ2n) is 5.45. The zero-order chi connectivity index (χ0) is 11.4. The van der Waals surface area contributed by atoms with E-state index in [0.29, 0.717) is 24.0 Å². The SMILES string of the molecule is CC(C)C1OCCC1CNC1CCCOC1. The van der Waals surface area contributed by atoms with Gasteiger partial charge in [-0.05, 0) is 31.1 Å². The van der Waals surface area contributed by atoms with Crippen molar-refractivity contribution in [3.63, 3.8) is 0 Å². The predicted molar refractivity (Wildman–Crippen MR) is 64.5 cm³/mol. The van der Waals surface area contributed by atoms with Crippen LogP contribution in [0.2, 0.25) is 0 Å². The van der Waals surface area contributed by atoms with Crippen LogP contribution in [-0.4, -0.2) is 38.5 Å². The van der Waals surface area contributed by atoms with Crippen LogP contribution in [0.25, 0.3) is 0 Å². The van der Waals surface area contributed by atoms with Crippen molar-refractivity contribution in [1.29, 1.82) is 0 Å². The number of rotatable bonds is 4. The number of hydrogen-bond acceptors (Lipinski definition) is 3. The highest BCUT2D eigenvalue weighted by Gasteiger charge is 2.30. The Kier molecular flexibility index (Phi) is 4.62. The molecule has 0 radical (unpaired) electrons. The zero-order valence-corrected chi connectivity index (χ0v) is 10.6. The highest BCUT2D eigenvalue weighted by atomic mass is 16.5. The molecule has 2 fully saturated rings. The van der Waals surface area contributed by atoms with Crippen molar-refractivity contribution < 1.29 is 9.47 Å². The van der Waals surface area contributed by atoms with Gasteiger partial charge in [0, 0.05) is 25.8 Å². The molecule has 0 aromatic rings. The second-order valence-corrected chi connectivity index (χ2v) is 5.45. The Morgan fingerprint density at radius 1 is 1.25 bits per heavy atom. The second kappa shape index (κ2) is 5.99. The van der Waals surface area contributed by atoms with Gasteiger partial charge in [-0.1, -0.05) is 13.8 Å². The van der Waals surface area contributed by atoms with Crippen LogP contribution in [0.15, 0.2) is 0 Å². The van der Waals surface area contributed by atoms with Crippen molar-refractivity contribution in [3.05, 3.63) is 0 Å². The van der Waals surface area contributed by atoms with Crippen molar-refractivity contribution >= 4 is 0 Å². The van der Waals surface area contributed by atoms with Crippen LogP contribution in [0.5, 0.6) is 0 Å². The predicted octanol–water partition coefficient (Wildman–Crippen LogP) is 1.82. The van der Waals surface area contributed by atoms with E-state index in [1.165, 1.54) is 19.3 Å². The fraction of sp³-hybridized carbons (Fsp3) is 1.00. The molecule has 0 bridgehead atoms. The average molecular weight is 227 g/mol. The largest absolute Gasteiger partial charge is 0.380 e. The number of ether oxygens (including phenoxy) is 2. The molecule has 0 aliphatic carbocycles. The summed E-state index contributed by atoms with van der Waals surface area (Å²) in [5, 5.41) is 3.64. The Bertz CT molecular complexity index is 202. The lowest BCUT2D eigenvalue weighted by Crippen LogP contribution is -2.41. The highest BCUT2D eigenvalue weighted by molar-refractivity contribution is 4.82. The molecule has 3 nitrogen and oxygen atoms in total. The van der Waals surface area contributed by atoms with Gasteiger partial charge in [0.2, 0.25) is 0 Å². The van der Waals surface area contributed by atoms with Gasteiger partial charge in [0.05, 0.1) is 12.7 Å². The van der Waals surface area contributed by atoms with Crippen LogP contribution in [0.3, 0.4) is 0 Å². The molecule has 3 unspecified atom stereocenters. The van der Waals surface area contributed by atoms with E-state index >= 15 is 0 Å². The molecule has 0 aromatic carbocycles. The molecule has 2 aliphatic heterocycles. The molecule has 2 saturated heterocycles. The maximum Gasteiger partial charge on any atom is 0.0639 e. The third kappa shape index (κ3) is 3.19. The molecule has 1 N–H and O–H groups in total. The van der Waals surface area contributed by atoms with Gasteiger partial charge in [-0.3, -0.25) is 0 Å². The molecule has 2 rings (SSSR count). The van der Waals surface area contributed by atoms with E-state index in [-0.39, 0.29) is 0 Å². The summed E-state index contributed by atoms with van der Waals surface area (Å²) in [4.78, 5) is 0. The smallest absolute Gasteiger partial charge is 0.0639 e. The van der Waals surface area contributed by atoms with Gasteiger partial charge in [-0.15, -0.1) is 0 Å². The normalized spacial score (nSPS) is 35.8. The fourth-order valence-corrected chi connectivity index (χ4v) is 2.83. The molecule has 3 atom stereocenters. The minimum absolute atomic E-state index is 0.456.